The van der Waals surface area contributed by atoms with Gasteiger partial charge in [-0.2, -0.15) is 0 Å². The Hall–Kier alpha value is -1.47. The van der Waals surface area contributed by atoms with Crippen molar-refractivity contribution in [1.82, 2.24) is 14.8 Å². The lowest BCUT2D eigenvalue weighted by molar-refractivity contribution is 0.0472. The van der Waals surface area contributed by atoms with Crippen molar-refractivity contribution < 1.29 is 14.7 Å². The Balaban J connectivity index is 1.76. The fourth-order valence-corrected chi connectivity index (χ4v) is 4.14. The number of amides is 2. The van der Waals surface area contributed by atoms with E-state index in [0.717, 1.165) is 25.7 Å². The average molecular weight is 337 g/mol. The molecule has 1 aromatic rings. The van der Waals surface area contributed by atoms with Crippen LogP contribution in [0.25, 0.3) is 0 Å². The first-order valence-corrected chi connectivity index (χ1v) is 8.90. The van der Waals surface area contributed by atoms with Gasteiger partial charge < -0.3 is 14.9 Å². The van der Waals surface area contributed by atoms with Crippen molar-refractivity contribution in [3.05, 3.63) is 16.1 Å². The molecule has 0 saturated carbocycles. The SMILES string of the molecule is CN(C(=O)c1nc(C(=O)N2[C@H]3CC[C@@H]2CC3)cs1)C(C)(C)CO. The van der Waals surface area contributed by atoms with E-state index in [0.29, 0.717) is 22.8 Å². The number of aromatic nitrogens is 1. The number of carbonyl (C=O) groups is 2. The van der Waals surface area contributed by atoms with Gasteiger partial charge in [0, 0.05) is 24.5 Å². The molecule has 0 unspecified atom stereocenters. The molecule has 2 aliphatic heterocycles. The van der Waals surface area contributed by atoms with E-state index in [2.05, 4.69) is 4.98 Å². The maximum absolute atomic E-state index is 12.7. The second-order valence-electron chi connectivity index (χ2n) is 7.05. The Morgan fingerprint density at radius 3 is 2.43 bits per heavy atom. The zero-order valence-corrected chi connectivity index (χ0v) is 14.6. The number of hydrogen-bond acceptors (Lipinski definition) is 5. The lowest BCUT2D eigenvalue weighted by Crippen LogP contribution is -2.47. The summed E-state index contributed by atoms with van der Waals surface area (Å²) in [5, 5.41) is 11.4. The standard InChI is InChI=1S/C16H23N3O3S/c1-16(2,9-20)18(3)15(22)13-17-12(8-23-13)14(21)19-10-4-5-11(19)7-6-10/h8,10-11,20H,4-7,9H2,1-3H3/t10-,11+. The number of aliphatic hydroxyl groups excluding tert-OH is 1. The smallest absolute Gasteiger partial charge is 0.283 e. The first-order chi connectivity index (χ1) is 10.8. The Bertz CT molecular complexity index is 608. The predicted molar refractivity (Wildman–Crippen MR) is 87.6 cm³/mol. The Morgan fingerprint density at radius 1 is 1.35 bits per heavy atom. The summed E-state index contributed by atoms with van der Waals surface area (Å²) in [5.41, 5.74) is -0.298. The Labute approximate surface area is 140 Å². The number of thiazole rings is 1. The molecule has 3 rings (SSSR count). The highest BCUT2D eigenvalue weighted by Crippen LogP contribution is 2.38. The number of nitrogens with zero attached hydrogens (tertiary/aromatic N) is 3. The highest BCUT2D eigenvalue weighted by Gasteiger charge is 2.43. The molecule has 0 spiro atoms. The summed E-state index contributed by atoms with van der Waals surface area (Å²) in [6.45, 7) is 3.43. The summed E-state index contributed by atoms with van der Waals surface area (Å²) in [6, 6.07) is 0.702. The summed E-state index contributed by atoms with van der Waals surface area (Å²) in [6.07, 6.45) is 4.33. The Kier molecular flexibility index (Phi) is 4.18. The van der Waals surface area contributed by atoms with Gasteiger partial charge in [0.1, 0.15) is 5.69 Å². The molecule has 6 nitrogen and oxygen atoms in total. The van der Waals surface area contributed by atoms with Crippen molar-refractivity contribution >= 4 is 23.2 Å². The van der Waals surface area contributed by atoms with Gasteiger partial charge >= 0.3 is 0 Å². The number of rotatable bonds is 4. The average Bonchev–Trinajstić information content (AvgIpc) is 3.27. The van der Waals surface area contributed by atoms with Crippen LogP contribution in [-0.2, 0) is 0 Å². The third-order valence-electron chi connectivity index (χ3n) is 5.19. The van der Waals surface area contributed by atoms with Crippen LogP contribution in [0.5, 0.6) is 0 Å². The fourth-order valence-electron chi connectivity index (χ4n) is 3.37. The van der Waals surface area contributed by atoms with E-state index in [9.17, 15) is 14.7 Å². The molecule has 23 heavy (non-hydrogen) atoms. The van der Waals surface area contributed by atoms with E-state index >= 15 is 0 Å². The highest BCUT2D eigenvalue weighted by molar-refractivity contribution is 7.11. The number of fused-ring (bicyclic) bond motifs is 2. The van der Waals surface area contributed by atoms with E-state index in [1.165, 1.54) is 16.2 Å². The molecule has 0 atom stereocenters. The minimum atomic E-state index is -0.666. The maximum Gasteiger partial charge on any atom is 0.283 e. The monoisotopic (exact) mass is 337 g/mol. The van der Waals surface area contributed by atoms with E-state index in [1.807, 2.05) is 4.90 Å². The third-order valence-corrected chi connectivity index (χ3v) is 6.02. The van der Waals surface area contributed by atoms with E-state index in [-0.39, 0.29) is 18.4 Å². The molecule has 1 aromatic heterocycles. The van der Waals surface area contributed by atoms with Gasteiger partial charge in [-0.25, -0.2) is 4.98 Å². The van der Waals surface area contributed by atoms with Gasteiger partial charge in [-0.1, -0.05) is 0 Å². The normalized spacial score (nSPS) is 23.4. The summed E-state index contributed by atoms with van der Waals surface area (Å²) in [4.78, 5) is 32.9. The molecule has 0 radical (unpaired) electrons. The predicted octanol–water partition coefficient (Wildman–Crippen LogP) is 1.75. The minimum Gasteiger partial charge on any atom is -0.394 e. The van der Waals surface area contributed by atoms with Crippen LogP contribution in [-0.4, -0.2) is 63.0 Å². The number of aliphatic hydroxyl groups is 1. The molecule has 2 amide bonds. The maximum atomic E-state index is 12.7. The quantitative estimate of drug-likeness (QED) is 0.908. The van der Waals surface area contributed by atoms with Crippen LogP contribution in [0.2, 0.25) is 0 Å². The number of likely N-dealkylation sites (N-methyl/N-ethyl adjacent to an activating group) is 1. The summed E-state index contributed by atoms with van der Waals surface area (Å²) >= 11 is 1.19. The zero-order valence-electron chi connectivity index (χ0n) is 13.8. The molecule has 126 valence electrons. The molecule has 2 bridgehead atoms. The number of hydrogen-bond donors (Lipinski definition) is 1. The molecule has 1 N–H and O–H groups in total. The van der Waals surface area contributed by atoms with Gasteiger partial charge in [-0.3, -0.25) is 9.59 Å². The second-order valence-corrected chi connectivity index (χ2v) is 7.91. The minimum absolute atomic E-state index is 0.0469. The van der Waals surface area contributed by atoms with Crippen LogP contribution in [0.15, 0.2) is 5.38 Å². The molecule has 2 aliphatic rings. The van der Waals surface area contributed by atoms with Crippen LogP contribution in [0.4, 0.5) is 0 Å². The Morgan fingerprint density at radius 2 is 1.91 bits per heavy atom. The molecule has 0 aromatic carbocycles. The lowest BCUT2D eigenvalue weighted by atomic mass is 10.0. The van der Waals surface area contributed by atoms with Gasteiger partial charge in [-0.15, -0.1) is 11.3 Å². The highest BCUT2D eigenvalue weighted by atomic mass is 32.1. The first kappa shape index (κ1) is 16.4. The first-order valence-electron chi connectivity index (χ1n) is 8.02. The molecule has 2 fully saturated rings. The van der Waals surface area contributed by atoms with Crippen LogP contribution in [0.1, 0.15) is 59.8 Å². The van der Waals surface area contributed by atoms with Crippen LogP contribution in [0.3, 0.4) is 0 Å². The third kappa shape index (κ3) is 2.76. The molecule has 7 heteroatoms. The summed E-state index contributed by atoms with van der Waals surface area (Å²) < 4.78 is 0. The largest absolute Gasteiger partial charge is 0.394 e. The van der Waals surface area contributed by atoms with Crippen molar-refractivity contribution in [1.29, 1.82) is 0 Å². The van der Waals surface area contributed by atoms with Crippen molar-refractivity contribution in [2.24, 2.45) is 0 Å². The van der Waals surface area contributed by atoms with Crippen molar-refractivity contribution in [2.75, 3.05) is 13.7 Å². The second kappa shape index (κ2) is 5.87. The van der Waals surface area contributed by atoms with Crippen molar-refractivity contribution in [3.8, 4) is 0 Å². The van der Waals surface area contributed by atoms with Gasteiger partial charge in [0.05, 0.1) is 12.1 Å². The molecule has 2 saturated heterocycles. The zero-order chi connectivity index (χ0) is 16.8. The molecule has 0 aliphatic carbocycles. The summed E-state index contributed by atoms with van der Waals surface area (Å²) in [5.74, 6) is -0.313. The van der Waals surface area contributed by atoms with Crippen LogP contribution in [0, 0.1) is 0 Å². The van der Waals surface area contributed by atoms with E-state index in [1.54, 1.807) is 26.3 Å². The van der Waals surface area contributed by atoms with Gasteiger partial charge in [0.25, 0.3) is 11.8 Å². The van der Waals surface area contributed by atoms with Gasteiger partial charge in [0.15, 0.2) is 5.01 Å². The van der Waals surface area contributed by atoms with Crippen molar-refractivity contribution in [3.63, 3.8) is 0 Å². The van der Waals surface area contributed by atoms with Gasteiger partial charge in [0.2, 0.25) is 0 Å². The fraction of sp³-hybridized carbons (Fsp3) is 0.688. The topological polar surface area (TPSA) is 73.7 Å². The molecular formula is C16H23N3O3S. The van der Waals surface area contributed by atoms with Gasteiger partial charge in [-0.05, 0) is 39.5 Å². The molecule has 3 heterocycles. The molecular weight excluding hydrogens is 314 g/mol. The number of carbonyl (C=O) groups excluding carboxylic acids is 2. The van der Waals surface area contributed by atoms with Crippen LogP contribution >= 0.6 is 11.3 Å². The summed E-state index contributed by atoms with van der Waals surface area (Å²) in [7, 11) is 1.64. The van der Waals surface area contributed by atoms with E-state index < -0.39 is 5.54 Å². The van der Waals surface area contributed by atoms with Crippen LogP contribution < -0.4 is 0 Å². The van der Waals surface area contributed by atoms with E-state index in [4.69, 9.17) is 0 Å². The lowest BCUT2D eigenvalue weighted by Gasteiger charge is -2.33. The van der Waals surface area contributed by atoms with Crippen molar-refractivity contribution in [2.45, 2.75) is 57.2 Å².